The highest BCUT2D eigenvalue weighted by molar-refractivity contribution is 7.20. The van der Waals surface area contributed by atoms with Crippen LogP contribution in [0.5, 0.6) is 0 Å². The number of thiophene rings is 1. The monoisotopic (exact) mass is 751 g/mol. The van der Waals surface area contributed by atoms with Gasteiger partial charge in [0.2, 0.25) is 0 Å². The third kappa shape index (κ3) is 7.48. The van der Waals surface area contributed by atoms with Crippen molar-refractivity contribution in [1.82, 2.24) is 24.9 Å². The third-order valence-corrected chi connectivity index (χ3v) is 11.2. The average molecular weight is 752 g/mol. The maximum atomic E-state index is 14.0. The maximum absolute atomic E-state index is 14.0. The van der Waals surface area contributed by atoms with Crippen LogP contribution in [0.15, 0.2) is 87.9 Å². The van der Waals surface area contributed by atoms with Crippen LogP contribution in [0.3, 0.4) is 0 Å². The molecule has 1 unspecified atom stereocenters. The van der Waals surface area contributed by atoms with Gasteiger partial charge >= 0.3 is 18.0 Å². The Morgan fingerprint density at radius 2 is 1.79 bits per heavy atom. The fraction of sp³-hybridized carbons (Fsp3) is 0.289. The van der Waals surface area contributed by atoms with Gasteiger partial charge in [0.15, 0.2) is 4.80 Å². The molecule has 2 aliphatic rings. The number of carbonyl (C=O) groups is 3. The summed E-state index contributed by atoms with van der Waals surface area (Å²) in [7, 11) is 1.29. The molecule has 2 aromatic carbocycles. The number of urea groups is 1. The van der Waals surface area contributed by atoms with Gasteiger partial charge in [-0.3, -0.25) is 14.7 Å². The van der Waals surface area contributed by atoms with Gasteiger partial charge in [0.1, 0.15) is 10.7 Å². The van der Waals surface area contributed by atoms with E-state index >= 15 is 0 Å². The number of nitrogens with one attached hydrogen (secondary N) is 2. The molecule has 2 amide bonds. The summed E-state index contributed by atoms with van der Waals surface area (Å²) >= 11 is 2.45. The van der Waals surface area contributed by atoms with Crippen molar-refractivity contribution in [2.45, 2.75) is 58.0 Å². The average Bonchev–Trinajstić information content (AvgIpc) is 3.89. The summed E-state index contributed by atoms with van der Waals surface area (Å²) in [5.41, 5.74) is 3.47. The van der Waals surface area contributed by atoms with Crippen molar-refractivity contribution in [3.8, 4) is 16.3 Å². The molecule has 2 N–H and O–H groups in total. The fourth-order valence-electron chi connectivity index (χ4n) is 6.60. The molecule has 0 radical (unpaired) electrons. The number of anilines is 1. The van der Waals surface area contributed by atoms with Crippen molar-refractivity contribution in [3.63, 3.8) is 0 Å². The van der Waals surface area contributed by atoms with E-state index in [0.29, 0.717) is 41.9 Å². The van der Waals surface area contributed by atoms with Crippen molar-refractivity contribution in [1.29, 1.82) is 0 Å². The normalized spacial score (nSPS) is 16.1. The van der Waals surface area contributed by atoms with Crippen LogP contribution >= 0.6 is 22.7 Å². The molecule has 3 aromatic heterocycles. The molecule has 0 spiro atoms. The van der Waals surface area contributed by atoms with E-state index in [2.05, 4.69) is 25.9 Å². The molecule has 7 rings (SSSR count). The number of aromatic nitrogens is 4. The fourth-order valence-corrected chi connectivity index (χ4v) is 8.63. The number of ether oxygens (including phenoxy) is 2. The Bertz CT molecular complexity index is 2400. The van der Waals surface area contributed by atoms with E-state index in [4.69, 9.17) is 9.47 Å². The minimum atomic E-state index is -0.688. The first-order chi connectivity index (χ1) is 25.7. The first-order valence-electron chi connectivity index (χ1n) is 17.3. The molecule has 53 heavy (non-hydrogen) atoms. The predicted octanol–water partition coefficient (Wildman–Crippen LogP) is 5.35. The molecule has 15 heteroatoms. The zero-order chi connectivity index (χ0) is 37.1. The van der Waals surface area contributed by atoms with Gasteiger partial charge in [0.05, 0.1) is 57.9 Å². The van der Waals surface area contributed by atoms with E-state index in [1.54, 1.807) is 41.4 Å². The molecule has 1 fully saturated rings. The number of nitrogens with zero attached hydrogens (tertiary/aromatic N) is 5. The van der Waals surface area contributed by atoms with Crippen molar-refractivity contribution < 1.29 is 23.9 Å². The lowest BCUT2D eigenvalue weighted by Gasteiger charge is -2.24. The second-order valence-corrected chi connectivity index (χ2v) is 14.7. The lowest BCUT2D eigenvalue weighted by atomic mass is 9.96. The number of benzene rings is 2. The van der Waals surface area contributed by atoms with Gasteiger partial charge in [-0.15, -0.1) is 16.4 Å². The second-order valence-electron chi connectivity index (χ2n) is 12.6. The van der Waals surface area contributed by atoms with Gasteiger partial charge in [0.25, 0.3) is 5.56 Å². The predicted molar refractivity (Wildman–Crippen MR) is 202 cm³/mol. The number of amides is 2. The summed E-state index contributed by atoms with van der Waals surface area (Å²) in [6.07, 6.45) is 8.71. The van der Waals surface area contributed by atoms with E-state index in [1.165, 1.54) is 36.2 Å². The van der Waals surface area contributed by atoms with Crippen molar-refractivity contribution in [3.05, 3.63) is 115 Å². The lowest BCUT2D eigenvalue weighted by Crippen LogP contribution is -2.39. The minimum absolute atomic E-state index is 0.105. The quantitative estimate of drug-likeness (QED) is 0.191. The Balaban J connectivity index is 1.18. The number of hydrogen-bond acceptors (Lipinski definition) is 11. The Morgan fingerprint density at radius 1 is 1.00 bits per heavy atom. The van der Waals surface area contributed by atoms with Gasteiger partial charge in [0, 0.05) is 6.04 Å². The van der Waals surface area contributed by atoms with Gasteiger partial charge in [-0.05, 0) is 62.1 Å². The zero-order valence-electron chi connectivity index (χ0n) is 29.3. The molecule has 1 saturated carbocycles. The highest BCUT2D eigenvalue weighted by Crippen LogP contribution is 2.35. The molecule has 1 aliphatic heterocycles. The Kier molecular flexibility index (Phi) is 10.5. The van der Waals surface area contributed by atoms with Gasteiger partial charge in [-0.1, -0.05) is 78.3 Å². The van der Waals surface area contributed by atoms with E-state index in [1.807, 2.05) is 54.6 Å². The van der Waals surface area contributed by atoms with Crippen LogP contribution in [-0.2, 0) is 14.3 Å². The van der Waals surface area contributed by atoms with Crippen LogP contribution in [0.25, 0.3) is 22.3 Å². The summed E-state index contributed by atoms with van der Waals surface area (Å²) in [5, 5.41) is 14.9. The van der Waals surface area contributed by atoms with E-state index in [-0.39, 0.29) is 29.8 Å². The highest BCUT2D eigenvalue weighted by atomic mass is 32.1. The van der Waals surface area contributed by atoms with Gasteiger partial charge in [-0.25, -0.2) is 24.1 Å². The van der Waals surface area contributed by atoms with Crippen molar-refractivity contribution in [2.75, 3.05) is 19.0 Å². The molecular weight excluding hydrogens is 715 g/mol. The topological polar surface area (TPSA) is 159 Å². The number of hydrogen-bond donors (Lipinski definition) is 2. The van der Waals surface area contributed by atoms with Gasteiger partial charge < -0.3 is 14.8 Å². The number of methoxy groups -OCH3 is 1. The molecule has 0 saturated heterocycles. The Hall–Kier alpha value is -5.67. The molecule has 13 nitrogen and oxygen atoms in total. The number of carbonyl (C=O) groups excluding carboxylic acids is 3. The van der Waals surface area contributed by atoms with Crippen LogP contribution < -0.4 is 25.5 Å². The minimum Gasteiger partial charge on any atom is -0.465 e. The third-order valence-electron chi connectivity index (χ3n) is 9.12. The molecule has 5 aromatic rings. The van der Waals surface area contributed by atoms with E-state index in [0.717, 1.165) is 36.8 Å². The Labute approximate surface area is 312 Å². The molecule has 4 heterocycles. The first kappa shape index (κ1) is 35.7. The highest BCUT2D eigenvalue weighted by Gasteiger charge is 2.33. The molecule has 272 valence electrons. The van der Waals surface area contributed by atoms with E-state index < -0.39 is 18.0 Å². The number of rotatable bonds is 9. The zero-order valence-corrected chi connectivity index (χ0v) is 31.0. The smallest absolute Gasteiger partial charge is 0.340 e. The summed E-state index contributed by atoms with van der Waals surface area (Å²) in [6, 6.07) is 17.5. The van der Waals surface area contributed by atoms with Crippen molar-refractivity contribution in [2.24, 2.45) is 4.99 Å². The van der Waals surface area contributed by atoms with Crippen molar-refractivity contribution >= 4 is 51.7 Å². The maximum Gasteiger partial charge on any atom is 0.340 e. The molecular formula is C38H37N7O6S2. The van der Waals surface area contributed by atoms with Crippen LogP contribution in [0.2, 0.25) is 0 Å². The largest absolute Gasteiger partial charge is 0.465 e. The van der Waals surface area contributed by atoms with Crippen LogP contribution in [-0.4, -0.2) is 57.3 Å². The Morgan fingerprint density at radius 3 is 2.55 bits per heavy atom. The number of thiazole rings is 1. The number of allylic oxidation sites excluding steroid dienone is 1. The lowest BCUT2D eigenvalue weighted by molar-refractivity contribution is -0.139. The summed E-state index contributed by atoms with van der Waals surface area (Å²) in [6.45, 7) is 3.70. The number of esters is 2. The number of fused-ring (bicyclic) bond motifs is 1. The summed E-state index contributed by atoms with van der Waals surface area (Å²) < 4.78 is 14.0. The molecule has 1 aliphatic carbocycles. The van der Waals surface area contributed by atoms with Crippen LogP contribution in [0.1, 0.15) is 73.5 Å². The van der Waals surface area contributed by atoms with Crippen LogP contribution in [0, 0.1) is 0 Å². The second kappa shape index (κ2) is 15.5. The first-order valence-corrected chi connectivity index (χ1v) is 18.9. The standard InChI is InChI=1S/C38H37N7O6S2/c1-4-51-36(48)31-22(2)39-38-45(32(31)24-13-7-5-8-14-24)34(46)30(53-38)19-23-12-11-17-26(18-23)44-21-28(42-43-44)29-20-27(35(47)50-3)33(52-29)41-37(49)40-25-15-9-6-10-16-25/h5,7-8,11-14,17-21,25,32H,4,6,9-10,15-16H2,1-3H3,(H2,40,41,49)/b30-19-. The molecule has 1 atom stereocenters. The van der Waals surface area contributed by atoms with Crippen LogP contribution in [0.4, 0.5) is 9.80 Å². The summed E-state index contributed by atoms with van der Waals surface area (Å²) in [4.78, 5) is 58.4. The van der Waals surface area contributed by atoms with Gasteiger partial charge in [-0.2, -0.15) is 0 Å². The van der Waals surface area contributed by atoms with E-state index in [9.17, 15) is 19.2 Å². The molecule has 0 bridgehead atoms. The summed E-state index contributed by atoms with van der Waals surface area (Å²) in [5.74, 6) is -1.08. The SMILES string of the molecule is CCOC(=O)C1=C(C)N=c2s/c(=C\c3cccc(-n4cc(-c5cc(C(=O)OC)c(NC(=O)NC6CCCCC6)s5)nn4)c3)c(=O)n2C1c1ccccc1.